The molecule has 0 bridgehead atoms. The monoisotopic (exact) mass is 397 g/mol. The maximum Gasteiger partial charge on any atom is 0.337 e. The SMILES string of the molecule is CC1=C(C(=O)OC2CCCCC2)[C@@H](c2ccc(C)o2)C2=C(CC(C)(C)CC2=O)N1. The topological polar surface area (TPSA) is 68.5 Å². The smallest absolute Gasteiger partial charge is 0.337 e. The van der Waals surface area contributed by atoms with Crippen molar-refractivity contribution >= 4 is 11.8 Å². The van der Waals surface area contributed by atoms with Gasteiger partial charge in [-0.25, -0.2) is 4.79 Å². The lowest BCUT2D eigenvalue weighted by Gasteiger charge is -2.39. The number of hydrogen-bond donors (Lipinski definition) is 1. The molecule has 0 radical (unpaired) electrons. The molecule has 1 atom stereocenters. The van der Waals surface area contributed by atoms with Crippen LogP contribution in [-0.4, -0.2) is 17.9 Å². The van der Waals surface area contributed by atoms with Crippen molar-refractivity contribution in [2.75, 3.05) is 0 Å². The first-order chi connectivity index (χ1) is 13.7. The molecule has 5 nitrogen and oxygen atoms in total. The van der Waals surface area contributed by atoms with Crippen LogP contribution in [0.25, 0.3) is 0 Å². The molecule has 3 aliphatic rings. The Balaban J connectivity index is 1.73. The summed E-state index contributed by atoms with van der Waals surface area (Å²) in [5, 5.41) is 3.38. The number of dihydropyridines is 1. The summed E-state index contributed by atoms with van der Waals surface area (Å²) >= 11 is 0. The van der Waals surface area contributed by atoms with E-state index >= 15 is 0 Å². The second-order valence-electron chi connectivity index (χ2n) is 9.54. The second-order valence-corrected chi connectivity index (χ2v) is 9.54. The number of carbonyl (C=O) groups excluding carboxylic acids is 2. The Morgan fingerprint density at radius 3 is 2.52 bits per heavy atom. The third-order valence-corrected chi connectivity index (χ3v) is 6.33. The summed E-state index contributed by atoms with van der Waals surface area (Å²) in [5.74, 6) is 0.657. The van der Waals surface area contributed by atoms with Crippen LogP contribution in [-0.2, 0) is 14.3 Å². The van der Waals surface area contributed by atoms with Crippen LogP contribution < -0.4 is 5.32 Å². The number of ketones is 1. The summed E-state index contributed by atoms with van der Waals surface area (Å²) in [7, 11) is 0. The van der Waals surface area contributed by atoms with E-state index < -0.39 is 5.92 Å². The average molecular weight is 398 g/mol. The molecular formula is C24H31NO4. The van der Waals surface area contributed by atoms with Crippen LogP contribution in [0.4, 0.5) is 0 Å². The molecule has 0 aromatic carbocycles. The molecule has 1 aromatic heterocycles. The molecule has 1 aromatic rings. The first-order valence-electron chi connectivity index (χ1n) is 10.8. The highest BCUT2D eigenvalue weighted by Gasteiger charge is 2.44. The standard InChI is InChI=1S/C24H31NO4/c1-14-10-11-19(28-14)22-20(23(27)29-16-8-6-5-7-9-16)15(2)25-17-12-24(3,4)13-18(26)21(17)22/h10-11,16,22,25H,5-9,12-13H2,1-4H3/t22-/m1/s1. The van der Waals surface area contributed by atoms with Gasteiger partial charge in [0.15, 0.2) is 5.78 Å². The number of ether oxygens (including phenoxy) is 1. The normalized spacial score (nSPS) is 25.0. The van der Waals surface area contributed by atoms with Gasteiger partial charge in [-0.1, -0.05) is 20.3 Å². The predicted octanol–water partition coefficient (Wildman–Crippen LogP) is 5.07. The van der Waals surface area contributed by atoms with Gasteiger partial charge in [0.2, 0.25) is 0 Å². The zero-order chi connectivity index (χ0) is 20.8. The van der Waals surface area contributed by atoms with E-state index in [9.17, 15) is 9.59 Å². The fraction of sp³-hybridized carbons (Fsp3) is 0.583. The summed E-state index contributed by atoms with van der Waals surface area (Å²) in [6, 6.07) is 3.76. The second kappa shape index (κ2) is 7.51. The van der Waals surface area contributed by atoms with Gasteiger partial charge < -0.3 is 14.5 Å². The minimum atomic E-state index is -0.500. The Morgan fingerprint density at radius 2 is 1.86 bits per heavy atom. The summed E-state index contributed by atoms with van der Waals surface area (Å²) in [6.45, 7) is 7.99. The number of allylic oxidation sites excluding steroid dienone is 3. The Hall–Kier alpha value is -2.30. The Labute approximate surface area is 172 Å². The van der Waals surface area contributed by atoms with Crippen LogP contribution in [0.1, 0.15) is 83.2 Å². The number of nitrogens with one attached hydrogen (secondary N) is 1. The van der Waals surface area contributed by atoms with Gasteiger partial charge in [-0.2, -0.15) is 0 Å². The third-order valence-electron chi connectivity index (χ3n) is 6.33. The highest BCUT2D eigenvalue weighted by molar-refractivity contribution is 6.04. The Bertz CT molecular complexity index is 896. The lowest BCUT2D eigenvalue weighted by Crippen LogP contribution is -2.39. The van der Waals surface area contributed by atoms with Crippen molar-refractivity contribution < 1.29 is 18.7 Å². The van der Waals surface area contributed by atoms with Crippen molar-refractivity contribution in [1.82, 2.24) is 5.32 Å². The molecule has 1 aliphatic heterocycles. The molecule has 2 heterocycles. The zero-order valence-corrected chi connectivity index (χ0v) is 17.9. The van der Waals surface area contributed by atoms with Gasteiger partial charge in [0.25, 0.3) is 0 Å². The third kappa shape index (κ3) is 3.92. The van der Waals surface area contributed by atoms with Crippen LogP contribution in [0.2, 0.25) is 0 Å². The number of esters is 1. The van der Waals surface area contributed by atoms with Crippen molar-refractivity contribution in [3.63, 3.8) is 0 Å². The van der Waals surface area contributed by atoms with Crippen LogP contribution >= 0.6 is 0 Å². The van der Waals surface area contributed by atoms with Crippen LogP contribution in [0, 0.1) is 12.3 Å². The molecule has 4 rings (SSSR count). The molecule has 0 amide bonds. The minimum Gasteiger partial charge on any atom is -0.465 e. The van der Waals surface area contributed by atoms with Gasteiger partial charge in [-0.05, 0) is 63.5 Å². The number of Topliss-reactive ketones (excluding diaryl/α,β-unsaturated/α-hetero) is 1. The number of hydrogen-bond acceptors (Lipinski definition) is 5. The summed E-state index contributed by atoms with van der Waals surface area (Å²) in [5.41, 5.74) is 2.75. The molecule has 156 valence electrons. The quantitative estimate of drug-likeness (QED) is 0.722. The lowest BCUT2D eigenvalue weighted by atomic mass is 9.69. The van der Waals surface area contributed by atoms with Gasteiger partial charge in [0, 0.05) is 23.4 Å². The van der Waals surface area contributed by atoms with Gasteiger partial charge in [-0.3, -0.25) is 4.79 Å². The van der Waals surface area contributed by atoms with E-state index in [1.807, 2.05) is 26.0 Å². The van der Waals surface area contributed by atoms with Crippen molar-refractivity contribution in [2.24, 2.45) is 5.41 Å². The van der Waals surface area contributed by atoms with E-state index in [1.165, 1.54) is 6.42 Å². The number of rotatable bonds is 3. The fourth-order valence-electron chi connectivity index (χ4n) is 5.00. The molecule has 29 heavy (non-hydrogen) atoms. The van der Waals surface area contributed by atoms with Gasteiger partial charge in [0.05, 0.1) is 11.5 Å². The highest BCUT2D eigenvalue weighted by atomic mass is 16.5. The molecule has 2 aliphatic carbocycles. The maximum atomic E-state index is 13.3. The minimum absolute atomic E-state index is 0.0353. The molecule has 0 spiro atoms. The largest absolute Gasteiger partial charge is 0.465 e. The predicted molar refractivity (Wildman–Crippen MR) is 110 cm³/mol. The molecule has 0 unspecified atom stereocenters. The van der Waals surface area contributed by atoms with Crippen molar-refractivity contribution in [3.8, 4) is 0 Å². The van der Waals surface area contributed by atoms with Crippen molar-refractivity contribution in [3.05, 3.63) is 46.2 Å². The van der Waals surface area contributed by atoms with E-state index in [1.54, 1.807) is 0 Å². The summed E-state index contributed by atoms with van der Waals surface area (Å²) in [6.07, 6.45) is 6.42. The Kier molecular flexibility index (Phi) is 5.18. The van der Waals surface area contributed by atoms with Crippen LogP contribution in [0.15, 0.2) is 39.1 Å². The molecule has 1 fully saturated rings. The van der Waals surface area contributed by atoms with Crippen LogP contribution in [0.5, 0.6) is 0 Å². The first kappa shape index (κ1) is 20.0. The van der Waals surface area contributed by atoms with E-state index in [4.69, 9.17) is 9.15 Å². The summed E-state index contributed by atoms with van der Waals surface area (Å²) in [4.78, 5) is 26.5. The van der Waals surface area contributed by atoms with E-state index in [-0.39, 0.29) is 23.3 Å². The molecular weight excluding hydrogens is 366 g/mol. The Morgan fingerprint density at radius 1 is 1.14 bits per heavy atom. The van der Waals surface area contributed by atoms with Gasteiger partial charge in [0.1, 0.15) is 17.6 Å². The lowest BCUT2D eigenvalue weighted by molar-refractivity contribution is -0.146. The molecule has 0 saturated heterocycles. The highest BCUT2D eigenvalue weighted by Crippen LogP contribution is 2.47. The fourth-order valence-corrected chi connectivity index (χ4v) is 5.00. The van der Waals surface area contributed by atoms with Crippen molar-refractivity contribution in [1.29, 1.82) is 0 Å². The molecule has 5 heteroatoms. The summed E-state index contributed by atoms with van der Waals surface area (Å²) < 4.78 is 11.8. The van der Waals surface area contributed by atoms with Gasteiger partial charge in [-0.15, -0.1) is 0 Å². The van der Waals surface area contributed by atoms with E-state index in [0.29, 0.717) is 23.3 Å². The zero-order valence-electron chi connectivity index (χ0n) is 17.9. The van der Waals surface area contributed by atoms with Crippen molar-refractivity contribution in [2.45, 2.75) is 84.7 Å². The maximum absolute atomic E-state index is 13.3. The van der Waals surface area contributed by atoms with Gasteiger partial charge >= 0.3 is 5.97 Å². The first-order valence-corrected chi connectivity index (χ1v) is 10.8. The number of aryl methyl sites for hydroxylation is 1. The molecule has 1 N–H and O–H groups in total. The average Bonchev–Trinajstić information content (AvgIpc) is 3.06. The van der Waals surface area contributed by atoms with Crippen LogP contribution in [0.3, 0.4) is 0 Å². The van der Waals surface area contributed by atoms with E-state index in [0.717, 1.165) is 49.3 Å². The number of furan rings is 1. The number of carbonyl (C=O) groups is 2. The van der Waals surface area contributed by atoms with E-state index in [2.05, 4.69) is 19.2 Å². The molecule has 1 saturated carbocycles.